The molecule has 0 aromatic heterocycles. The zero-order valence-corrected chi connectivity index (χ0v) is 28.4. The van der Waals surface area contributed by atoms with Crippen LogP contribution in [0.5, 0.6) is 5.75 Å². The summed E-state index contributed by atoms with van der Waals surface area (Å²) in [5, 5.41) is 14.3. The van der Waals surface area contributed by atoms with Gasteiger partial charge in [0.05, 0.1) is 17.5 Å². The Hall–Kier alpha value is -5.27. The summed E-state index contributed by atoms with van der Waals surface area (Å²) in [5.41, 5.74) is 0.00378. The molecular weight excluding hydrogens is 744 g/mol. The van der Waals surface area contributed by atoms with Crippen molar-refractivity contribution in [1.82, 2.24) is 0 Å². The quantitative estimate of drug-likeness (QED) is 0.0542. The first-order chi connectivity index (χ1) is 25.2. The van der Waals surface area contributed by atoms with Crippen LogP contribution >= 0.6 is 23.2 Å². The number of nitrogens with one attached hydrogen (secondary N) is 1. The number of hydrogen-bond donors (Lipinski definition) is 2. The van der Waals surface area contributed by atoms with E-state index in [4.69, 9.17) is 23.2 Å². The molecule has 8 nitrogen and oxygen atoms in total. The van der Waals surface area contributed by atoms with Crippen molar-refractivity contribution in [1.29, 1.82) is 0 Å². The van der Waals surface area contributed by atoms with E-state index < -0.39 is 104 Å². The number of rotatable bonds is 5. The molecule has 8 rings (SSSR count). The Kier molecular flexibility index (Phi) is 7.97. The molecule has 1 saturated carbocycles. The van der Waals surface area contributed by atoms with E-state index in [0.29, 0.717) is 5.69 Å². The monoisotopic (exact) mass is 767 g/mol. The van der Waals surface area contributed by atoms with E-state index in [2.05, 4.69) is 5.32 Å². The topological polar surface area (TPSA) is 107 Å². The summed E-state index contributed by atoms with van der Waals surface area (Å²) in [4.78, 5) is 52.3. The molecule has 2 heterocycles. The summed E-state index contributed by atoms with van der Waals surface area (Å²) in [5.74, 6) is -22.0. The molecule has 15 heteroatoms. The Morgan fingerprint density at radius 3 is 1.91 bits per heavy atom. The molecule has 53 heavy (non-hydrogen) atoms. The number of amides is 4. The van der Waals surface area contributed by atoms with Crippen molar-refractivity contribution in [2.24, 2.45) is 17.8 Å². The lowest BCUT2D eigenvalue weighted by atomic mass is 9.56. The first-order valence-electron chi connectivity index (χ1n) is 16.3. The first kappa shape index (κ1) is 34.8. The maximum atomic E-state index is 15.2. The van der Waals surface area contributed by atoms with Crippen LogP contribution in [0.25, 0.3) is 0 Å². The molecule has 4 aromatic rings. The molecule has 2 aliphatic heterocycles. The third kappa shape index (κ3) is 4.72. The second kappa shape index (κ2) is 12.1. The molecule has 270 valence electrons. The number of hydrogen-bond acceptors (Lipinski definition) is 6. The maximum absolute atomic E-state index is 15.2. The van der Waals surface area contributed by atoms with Gasteiger partial charge in [0.2, 0.25) is 17.6 Å². The highest BCUT2D eigenvalue weighted by atomic mass is 35.5. The number of carbonyl (C=O) groups excluding carboxylic acids is 4. The van der Waals surface area contributed by atoms with Crippen LogP contribution in [0.3, 0.4) is 0 Å². The van der Waals surface area contributed by atoms with Gasteiger partial charge in [-0.1, -0.05) is 48.0 Å². The van der Waals surface area contributed by atoms with Crippen molar-refractivity contribution in [3.8, 4) is 5.75 Å². The lowest BCUT2D eigenvalue weighted by molar-refractivity contribution is -0.125. The number of fused-ring (bicyclic) bond motifs is 4. The summed E-state index contributed by atoms with van der Waals surface area (Å²) in [6, 6.07) is 21.3. The molecule has 4 amide bonds. The van der Waals surface area contributed by atoms with Crippen molar-refractivity contribution in [3.63, 3.8) is 0 Å². The predicted molar refractivity (Wildman–Crippen MR) is 183 cm³/mol. The van der Waals surface area contributed by atoms with Crippen molar-refractivity contribution in [2.75, 3.05) is 15.1 Å². The van der Waals surface area contributed by atoms with E-state index in [0.717, 1.165) is 10.6 Å². The minimum atomic E-state index is -2.73. The fraction of sp³-hybridized carbons (Fsp3) is 0.211. The zero-order chi connectivity index (χ0) is 37.7. The average Bonchev–Trinajstić information content (AvgIpc) is 3.49. The van der Waals surface area contributed by atoms with Crippen LogP contribution in [0.2, 0.25) is 0 Å². The van der Waals surface area contributed by atoms with Gasteiger partial charge in [-0.25, -0.2) is 26.9 Å². The summed E-state index contributed by atoms with van der Waals surface area (Å²) < 4.78 is 73.4. The SMILES string of the molecule is O=C1[C@H]2[C@H](CC=C3[C@H]2C[C@@]2(Cl)C(=O)N(c4c(F)c(F)c(F)c(F)c4F)C(=O)[C@@]2(Cl)[C@H]3c2ccccc2O)C(=O)N1c1ccc(Nc2ccccc2)cc1. The van der Waals surface area contributed by atoms with Crippen molar-refractivity contribution < 1.29 is 46.2 Å². The van der Waals surface area contributed by atoms with Gasteiger partial charge in [0, 0.05) is 22.9 Å². The van der Waals surface area contributed by atoms with Crippen LogP contribution in [0.1, 0.15) is 24.3 Å². The van der Waals surface area contributed by atoms with Crippen molar-refractivity contribution in [3.05, 3.63) is 125 Å². The van der Waals surface area contributed by atoms with Gasteiger partial charge in [-0.15, -0.1) is 23.2 Å². The number of phenols is 1. The van der Waals surface area contributed by atoms with Gasteiger partial charge in [-0.05, 0) is 61.2 Å². The maximum Gasteiger partial charge on any atom is 0.258 e. The van der Waals surface area contributed by atoms with E-state index in [1.54, 1.807) is 30.3 Å². The normalized spacial score (nSPS) is 27.8. The highest BCUT2D eigenvalue weighted by Crippen LogP contribution is 2.66. The molecule has 0 spiro atoms. The van der Waals surface area contributed by atoms with Gasteiger partial charge in [0.1, 0.15) is 11.4 Å². The lowest BCUT2D eigenvalue weighted by Gasteiger charge is -2.50. The fourth-order valence-corrected chi connectivity index (χ4v) is 9.21. The summed E-state index contributed by atoms with van der Waals surface area (Å²) in [6.45, 7) is 0. The van der Waals surface area contributed by atoms with Crippen molar-refractivity contribution in [2.45, 2.75) is 28.5 Å². The van der Waals surface area contributed by atoms with Crippen LogP contribution in [-0.4, -0.2) is 38.5 Å². The summed E-state index contributed by atoms with van der Waals surface area (Å²) in [7, 11) is 0. The lowest BCUT2D eigenvalue weighted by Crippen LogP contribution is -2.60. The van der Waals surface area contributed by atoms with Gasteiger partial charge in [0.25, 0.3) is 11.8 Å². The molecular formula is C38H24Cl2F5N3O5. The van der Waals surface area contributed by atoms with E-state index in [9.17, 15) is 37.5 Å². The third-order valence-electron chi connectivity index (χ3n) is 10.7. The summed E-state index contributed by atoms with van der Waals surface area (Å²) in [6.07, 6.45) is 0.864. The van der Waals surface area contributed by atoms with Gasteiger partial charge in [0.15, 0.2) is 33.0 Å². The molecule has 2 saturated heterocycles. The average molecular weight is 769 g/mol. The molecule has 4 aliphatic rings. The van der Waals surface area contributed by atoms with Gasteiger partial charge in [-0.3, -0.25) is 24.1 Å². The Bertz CT molecular complexity index is 2280. The van der Waals surface area contributed by atoms with E-state index >= 15 is 8.78 Å². The molecule has 3 fully saturated rings. The minimum absolute atomic E-state index is 0.0406. The molecule has 2 N–H and O–H groups in total. The number of nitrogens with zero attached hydrogens (tertiary/aromatic N) is 2. The standard InChI is InChI=1S/C38H24Cl2F5N3O5/c39-37-16-23-20(14-15-22-25(23)34(51)47(33(22)50)19-12-10-18(11-13-19)46-17-6-2-1-3-7-17)26(21-8-4-5-9-24(21)49)38(37,40)36(53)48(35(37)52)32-30(44)28(42)27(41)29(43)31(32)45/h1-14,22-23,25-26,46,49H,15-16H2/t22-,23+,25-,26+,37+,38-/m0/s1. The van der Waals surface area contributed by atoms with Gasteiger partial charge in [-0.2, -0.15) is 0 Å². The molecule has 6 atom stereocenters. The molecule has 0 unspecified atom stereocenters. The number of carbonyl (C=O) groups is 4. The number of allylic oxidation sites excluding steroid dienone is 2. The fourth-order valence-electron chi connectivity index (χ4n) is 8.28. The number of phenolic OH excluding ortho intramolecular Hbond substituents is 1. The highest BCUT2D eigenvalue weighted by molar-refractivity contribution is 6.58. The molecule has 4 aromatic carbocycles. The van der Waals surface area contributed by atoms with Crippen molar-refractivity contribution >= 4 is 69.6 Å². The van der Waals surface area contributed by atoms with Gasteiger partial charge >= 0.3 is 0 Å². The number of imide groups is 2. The number of benzene rings is 4. The molecule has 2 aliphatic carbocycles. The molecule has 0 radical (unpaired) electrons. The first-order valence-corrected chi connectivity index (χ1v) is 17.0. The van der Waals surface area contributed by atoms with Crippen LogP contribution in [0.15, 0.2) is 90.5 Å². The smallest absolute Gasteiger partial charge is 0.258 e. The Morgan fingerprint density at radius 2 is 1.26 bits per heavy atom. The van der Waals surface area contributed by atoms with E-state index in [1.165, 1.54) is 24.3 Å². The van der Waals surface area contributed by atoms with Crippen LogP contribution in [0, 0.1) is 46.8 Å². The number of para-hydroxylation sites is 2. The molecule has 0 bridgehead atoms. The van der Waals surface area contributed by atoms with E-state index in [-0.39, 0.29) is 28.1 Å². The predicted octanol–water partition coefficient (Wildman–Crippen LogP) is 7.60. The summed E-state index contributed by atoms with van der Waals surface area (Å²) >= 11 is 14.2. The van der Waals surface area contributed by atoms with Crippen LogP contribution in [0.4, 0.5) is 44.7 Å². The number of anilines is 4. The second-order valence-electron chi connectivity index (χ2n) is 13.3. The third-order valence-corrected chi connectivity index (χ3v) is 12.1. The van der Waals surface area contributed by atoms with Crippen LogP contribution in [-0.2, 0) is 19.2 Å². The Balaban J connectivity index is 1.23. The highest BCUT2D eigenvalue weighted by Gasteiger charge is 2.77. The Morgan fingerprint density at radius 1 is 0.679 bits per heavy atom. The number of aromatic hydroxyl groups is 1. The second-order valence-corrected chi connectivity index (χ2v) is 14.5. The van der Waals surface area contributed by atoms with E-state index in [1.807, 2.05) is 30.3 Å². The van der Waals surface area contributed by atoms with Gasteiger partial charge < -0.3 is 10.4 Å². The zero-order valence-electron chi connectivity index (χ0n) is 26.9. The Labute approximate surface area is 307 Å². The number of alkyl halides is 2. The van der Waals surface area contributed by atoms with Crippen LogP contribution < -0.4 is 15.1 Å². The largest absolute Gasteiger partial charge is 0.508 e. The number of halogens is 7. The minimum Gasteiger partial charge on any atom is -0.508 e.